The van der Waals surface area contributed by atoms with E-state index in [-0.39, 0.29) is 5.56 Å². The highest BCUT2D eigenvalue weighted by molar-refractivity contribution is 5.98. The average Bonchev–Trinajstić information content (AvgIpc) is 2.90. The Kier molecular flexibility index (Phi) is 8.45. The molecule has 0 saturated heterocycles. The summed E-state index contributed by atoms with van der Waals surface area (Å²) in [6.45, 7) is 1.68. The number of carbonyl (C=O) groups is 2. The highest BCUT2D eigenvalue weighted by Crippen LogP contribution is 2.26. The SMILES string of the molecule is C[C@](O)(c1ccc(CN)cc1)[C@H](NC(=O)c1ccc(C#CC#Cc2ccc(N)cc2)cc1)C(=O)NO. The summed E-state index contributed by atoms with van der Waals surface area (Å²) in [5, 5.41) is 22.8. The Morgan fingerprint density at radius 1 is 0.917 bits per heavy atom. The van der Waals surface area contributed by atoms with Gasteiger partial charge >= 0.3 is 0 Å². The number of aliphatic hydroxyl groups is 1. The van der Waals surface area contributed by atoms with Gasteiger partial charge in [0.25, 0.3) is 11.8 Å². The van der Waals surface area contributed by atoms with E-state index in [1.807, 2.05) is 0 Å². The molecule has 0 aliphatic rings. The van der Waals surface area contributed by atoms with Gasteiger partial charge < -0.3 is 21.9 Å². The Bertz CT molecular complexity index is 1340. The number of amides is 2. The van der Waals surface area contributed by atoms with Crippen LogP contribution < -0.4 is 22.3 Å². The molecule has 3 rings (SSSR count). The smallest absolute Gasteiger partial charge is 0.269 e. The van der Waals surface area contributed by atoms with Gasteiger partial charge in [-0.05, 0) is 78.4 Å². The van der Waals surface area contributed by atoms with E-state index in [2.05, 4.69) is 29.0 Å². The highest BCUT2D eigenvalue weighted by Gasteiger charge is 2.40. The van der Waals surface area contributed by atoms with Gasteiger partial charge in [-0.15, -0.1) is 0 Å². The lowest BCUT2D eigenvalue weighted by molar-refractivity contribution is -0.138. The summed E-state index contributed by atoms with van der Waals surface area (Å²) >= 11 is 0. The maximum atomic E-state index is 12.8. The van der Waals surface area contributed by atoms with E-state index in [0.29, 0.717) is 23.4 Å². The van der Waals surface area contributed by atoms with Crippen molar-refractivity contribution in [2.75, 3.05) is 5.73 Å². The first-order valence-corrected chi connectivity index (χ1v) is 11.0. The summed E-state index contributed by atoms with van der Waals surface area (Å²) in [5.74, 6) is 9.71. The summed E-state index contributed by atoms with van der Waals surface area (Å²) in [5.41, 5.74) is 14.4. The largest absolute Gasteiger partial charge is 0.399 e. The normalized spacial score (nSPS) is 12.6. The van der Waals surface area contributed by atoms with E-state index in [0.717, 1.165) is 11.1 Å². The van der Waals surface area contributed by atoms with E-state index < -0.39 is 23.5 Å². The first-order chi connectivity index (χ1) is 17.2. The van der Waals surface area contributed by atoms with E-state index >= 15 is 0 Å². The lowest BCUT2D eigenvalue weighted by Gasteiger charge is -2.32. The zero-order chi connectivity index (χ0) is 26.1. The van der Waals surface area contributed by atoms with Crippen molar-refractivity contribution in [2.24, 2.45) is 5.73 Å². The second-order valence-electron chi connectivity index (χ2n) is 8.13. The monoisotopic (exact) mass is 482 g/mol. The average molecular weight is 483 g/mol. The summed E-state index contributed by atoms with van der Waals surface area (Å²) in [4.78, 5) is 25.2. The van der Waals surface area contributed by atoms with Crippen molar-refractivity contribution in [3.8, 4) is 23.7 Å². The van der Waals surface area contributed by atoms with Crippen molar-refractivity contribution < 1.29 is 19.9 Å². The van der Waals surface area contributed by atoms with Gasteiger partial charge in [0, 0.05) is 28.9 Å². The van der Waals surface area contributed by atoms with Gasteiger partial charge in [0.1, 0.15) is 11.6 Å². The predicted octanol–water partition coefficient (Wildman–Crippen LogP) is 1.64. The number of hydrogen-bond donors (Lipinski definition) is 6. The number of benzene rings is 3. The highest BCUT2D eigenvalue weighted by atomic mass is 16.5. The van der Waals surface area contributed by atoms with Gasteiger partial charge in [0.2, 0.25) is 0 Å². The maximum Gasteiger partial charge on any atom is 0.269 e. The Labute approximate surface area is 209 Å². The van der Waals surface area contributed by atoms with E-state index in [4.69, 9.17) is 11.5 Å². The Hall–Kier alpha value is -4.60. The first-order valence-electron chi connectivity index (χ1n) is 11.0. The Balaban J connectivity index is 1.73. The van der Waals surface area contributed by atoms with E-state index in [1.54, 1.807) is 60.7 Å². The van der Waals surface area contributed by atoms with Crippen LogP contribution in [0.15, 0.2) is 72.8 Å². The lowest BCUT2D eigenvalue weighted by atomic mass is 9.87. The minimum Gasteiger partial charge on any atom is -0.399 e. The fourth-order valence-electron chi connectivity index (χ4n) is 3.36. The standard InChI is InChI=1S/C28H26N4O4/c1-28(35,23-14-8-21(18-29)9-15-23)25(27(34)32-36)31-26(33)22-12-6-19(7-13-22)4-2-3-5-20-10-16-24(30)17-11-20/h6-17,25,35-36H,18,29-30H2,1H3,(H,31,33)(H,32,34)/t25-,28+/m1/s1. The van der Waals surface area contributed by atoms with Crippen LogP contribution in [0.2, 0.25) is 0 Å². The van der Waals surface area contributed by atoms with E-state index in [9.17, 15) is 19.9 Å². The van der Waals surface area contributed by atoms with Crippen molar-refractivity contribution >= 4 is 17.5 Å². The number of carbonyl (C=O) groups excluding carboxylic acids is 2. The van der Waals surface area contributed by atoms with Crippen molar-refractivity contribution in [2.45, 2.75) is 25.1 Å². The molecule has 8 N–H and O–H groups in total. The molecular weight excluding hydrogens is 456 g/mol. The predicted molar refractivity (Wildman–Crippen MR) is 136 cm³/mol. The zero-order valence-corrected chi connectivity index (χ0v) is 19.6. The van der Waals surface area contributed by atoms with Crippen LogP contribution in [0.4, 0.5) is 5.69 Å². The minimum absolute atomic E-state index is 0.235. The molecular formula is C28H26N4O4. The van der Waals surface area contributed by atoms with Crippen LogP contribution in [0.25, 0.3) is 0 Å². The molecule has 8 heteroatoms. The molecule has 0 heterocycles. The quantitative estimate of drug-likeness (QED) is 0.136. The molecule has 0 aliphatic carbocycles. The fraction of sp³-hybridized carbons (Fsp3) is 0.143. The summed E-state index contributed by atoms with van der Waals surface area (Å²) in [6, 6.07) is 18.6. The molecule has 0 fully saturated rings. The molecule has 3 aromatic rings. The molecule has 0 unspecified atom stereocenters. The molecule has 0 spiro atoms. The topological polar surface area (TPSA) is 151 Å². The van der Waals surface area contributed by atoms with Crippen LogP contribution in [0.1, 0.15) is 39.5 Å². The van der Waals surface area contributed by atoms with E-state index in [1.165, 1.54) is 24.5 Å². The third-order valence-electron chi connectivity index (χ3n) is 5.52. The molecule has 0 bridgehead atoms. The first kappa shape index (κ1) is 26.0. The second-order valence-corrected chi connectivity index (χ2v) is 8.13. The van der Waals surface area contributed by atoms with Crippen molar-refractivity contribution in [3.05, 3.63) is 101 Å². The number of hydrogen-bond acceptors (Lipinski definition) is 6. The van der Waals surface area contributed by atoms with Crippen LogP contribution in [0, 0.1) is 23.7 Å². The third kappa shape index (κ3) is 6.50. The Morgan fingerprint density at radius 2 is 1.44 bits per heavy atom. The number of hydroxylamine groups is 1. The Morgan fingerprint density at radius 3 is 1.94 bits per heavy atom. The van der Waals surface area contributed by atoms with Crippen LogP contribution in [0.3, 0.4) is 0 Å². The van der Waals surface area contributed by atoms with Gasteiger partial charge in [0.05, 0.1) is 0 Å². The van der Waals surface area contributed by atoms with Gasteiger partial charge in [-0.1, -0.05) is 36.1 Å². The molecule has 0 saturated carbocycles. The van der Waals surface area contributed by atoms with Crippen molar-refractivity contribution in [1.82, 2.24) is 10.8 Å². The van der Waals surface area contributed by atoms with Crippen LogP contribution in [-0.2, 0) is 16.9 Å². The van der Waals surface area contributed by atoms with Crippen molar-refractivity contribution in [1.29, 1.82) is 0 Å². The number of nitrogen functional groups attached to an aromatic ring is 1. The number of rotatable bonds is 6. The van der Waals surface area contributed by atoms with Gasteiger partial charge in [-0.3, -0.25) is 14.8 Å². The minimum atomic E-state index is -1.83. The van der Waals surface area contributed by atoms with Crippen LogP contribution >= 0.6 is 0 Å². The molecule has 0 radical (unpaired) electrons. The summed E-state index contributed by atoms with van der Waals surface area (Å²) < 4.78 is 0. The molecule has 8 nitrogen and oxygen atoms in total. The molecule has 182 valence electrons. The number of nitrogens with one attached hydrogen (secondary N) is 2. The van der Waals surface area contributed by atoms with Crippen molar-refractivity contribution in [3.63, 3.8) is 0 Å². The summed E-state index contributed by atoms with van der Waals surface area (Å²) in [7, 11) is 0. The second kappa shape index (κ2) is 11.7. The molecule has 0 aliphatic heterocycles. The van der Waals surface area contributed by atoms with Crippen LogP contribution in [0.5, 0.6) is 0 Å². The summed E-state index contributed by atoms with van der Waals surface area (Å²) in [6.07, 6.45) is 0. The lowest BCUT2D eigenvalue weighted by Crippen LogP contribution is -2.57. The molecule has 36 heavy (non-hydrogen) atoms. The molecule has 2 atom stereocenters. The van der Waals surface area contributed by atoms with Gasteiger partial charge in [-0.2, -0.15) is 0 Å². The molecule has 2 amide bonds. The van der Waals surface area contributed by atoms with Crippen LogP contribution in [-0.4, -0.2) is 28.2 Å². The van der Waals surface area contributed by atoms with Gasteiger partial charge in [0.15, 0.2) is 0 Å². The molecule has 0 aromatic heterocycles. The maximum absolute atomic E-state index is 12.8. The number of nitrogens with two attached hydrogens (primary N) is 2. The number of anilines is 1. The molecule has 3 aromatic carbocycles. The third-order valence-corrected chi connectivity index (χ3v) is 5.52. The zero-order valence-electron chi connectivity index (χ0n) is 19.6. The van der Waals surface area contributed by atoms with Gasteiger partial charge in [-0.25, -0.2) is 5.48 Å². The fourth-order valence-corrected chi connectivity index (χ4v) is 3.36.